The van der Waals surface area contributed by atoms with Crippen LogP contribution in [0.25, 0.3) is 0 Å². The molecule has 0 aliphatic rings. The smallest absolute Gasteiger partial charge is 0.0646 e. The molecule has 1 aromatic carbocycles. The van der Waals surface area contributed by atoms with Crippen molar-refractivity contribution in [1.29, 1.82) is 0 Å². The number of halogens is 2. The SMILES string of the molecule is CCc1ccc(C(N)c2cc(Br)cc(Br)c2)s1. The molecule has 1 nitrogen and oxygen atoms in total. The van der Waals surface area contributed by atoms with Crippen molar-refractivity contribution in [3.63, 3.8) is 0 Å². The highest BCUT2D eigenvalue weighted by Gasteiger charge is 2.12. The molecule has 0 aliphatic heterocycles. The second-order valence-corrected chi connectivity index (χ2v) is 6.87. The van der Waals surface area contributed by atoms with Gasteiger partial charge in [-0.15, -0.1) is 11.3 Å². The molecular weight excluding hydrogens is 362 g/mol. The van der Waals surface area contributed by atoms with Gasteiger partial charge in [0.15, 0.2) is 0 Å². The molecule has 17 heavy (non-hydrogen) atoms. The molecule has 0 fully saturated rings. The maximum absolute atomic E-state index is 6.29. The van der Waals surface area contributed by atoms with Crippen molar-refractivity contribution in [3.8, 4) is 0 Å². The normalized spacial score (nSPS) is 12.7. The summed E-state index contributed by atoms with van der Waals surface area (Å²) in [5.41, 5.74) is 7.41. The highest BCUT2D eigenvalue weighted by atomic mass is 79.9. The molecule has 1 heterocycles. The van der Waals surface area contributed by atoms with E-state index in [0.29, 0.717) is 0 Å². The van der Waals surface area contributed by atoms with Gasteiger partial charge in [-0.05, 0) is 42.3 Å². The van der Waals surface area contributed by atoms with Gasteiger partial charge in [0, 0.05) is 18.7 Å². The zero-order valence-electron chi connectivity index (χ0n) is 9.41. The Balaban J connectivity index is 2.32. The van der Waals surface area contributed by atoms with E-state index in [-0.39, 0.29) is 6.04 Å². The van der Waals surface area contributed by atoms with Gasteiger partial charge in [0.2, 0.25) is 0 Å². The van der Waals surface area contributed by atoms with Crippen LogP contribution in [0.1, 0.15) is 28.3 Å². The van der Waals surface area contributed by atoms with Crippen molar-refractivity contribution in [2.45, 2.75) is 19.4 Å². The van der Waals surface area contributed by atoms with Crippen LogP contribution in [-0.4, -0.2) is 0 Å². The van der Waals surface area contributed by atoms with Crippen molar-refractivity contribution in [2.24, 2.45) is 5.73 Å². The van der Waals surface area contributed by atoms with Gasteiger partial charge >= 0.3 is 0 Å². The molecule has 0 radical (unpaired) electrons. The van der Waals surface area contributed by atoms with E-state index in [9.17, 15) is 0 Å². The zero-order chi connectivity index (χ0) is 12.4. The van der Waals surface area contributed by atoms with Gasteiger partial charge in [0.25, 0.3) is 0 Å². The van der Waals surface area contributed by atoms with Crippen molar-refractivity contribution in [2.75, 3.05) is 0 Å². The molecule has 1 atom stereocenters. The number of nitrogens with two attached hydrogens (primary N) is 1. The summed E-state index contributed by atoms with van der Waals surface area (Å²) in [5, 5.41) is 0. The molecule has 0 bridgehead atoms. The maximum atomic E-state index is 6.29. The van der Waals surface area contributed by atoms with Crippen molar-refractivity contribution >= 4 is 43.2 Å². The summed E-state index contributed by atoms with van der Waals surface area (Å²) in [7, 11) is 0. The van der Waals surface area contributed by atoms with Crippen LogP contribution in [0.5, 0.6) is 0 Å². The quantitative estimate of drug-likeness (QED) is 0.813. The van der Waals surface area contributed by atoms with E-state index in [1.807, 2.05) is 6.07 Å². The van der Waals surface area contributed by atoms with Gasteiger partial charge in [-0.2, -0.15) is 0 Å². The minimum Gasteiger partial charge on any atom is -0.320 e. The predicted molar refractivity (Wildman–Crippen MR) is 81.6 cm³/mol. The molecule has 90 valence electrons. The second kappa shape index (κ2) is 5.65. The van der Waals surface area contributed by atoms with E-state index in [2.05, 4.69) is 63.0 Å². The highest BCUT2D eigenvalue weighted by molar-refractivity contribution is 9.11. The minimum absolute atomic E-state index is 0.0471. The summed E-state index contributed by atoms with van der Waals surface area (Å²) in [6.07, 6.45) is 1.07. The summed E-state index contributed by atoms with van der Waals surface area (Å²) < 4.78 is 2.09. The number of aryl methyl sites for hydroxylation is 1. The van der Waals surface area contributed by atoms with Crippen LogP contribution >= 0.6 is 43.2 Å². The fraction of sp³-hybridized carbons (Fsp3) is 0.231. The lowest BCUT2D eigenvalue weighted by Gasteiger charge is -2.11. The zero-order valence-corrected chi connectivity index (χ0v) is 13.4. The Kier molecular flexibility index (Phi) is 4.42. The molecule has 1 unspecified atom stereocenters. The lowest BCUT2D eigenvalue weighted by Crippen LogP contribution is -2.10. The number of rotatable bonds is 3. The monoisotopic (exact) mass is 373 g/mol. The summed E-state index contributed by atoms with van der Waals surface area (Å²) in [4.78, 5) is 2.59. The first-order valence-electron chi connectivity index (χ1n) is 5.40. The first-order chi connectivity index (χ1) is 8.10. The van der Waals surface area contributed by atoms with E-state index in [4.69, 9.17) is 5.73 Å². The summed E-state index contributed by atoms with van der Waals surface area (Å²) >= 11 is 8.77. The molecule has 0 saturated heterocycles. The second-order valence-electron chi connectivity index (χ2n) is 3.84. The minimum atomic E-state index is -0.0471. The van der Waals surface area contributed by atoms with E-state index < -0.39 is 0 Å². The molecule has 2 aromatic rings. The molecule has 0 saturated carbocycles. The Bertz CT molecular complexity index is 502. The fourth-order valence-electron chi connectivity index (χ4n) is 1.67. The van der Waals surface area contributed by atoms with Crippen molar-refractivity contribution < 1.29 is 0 Å². The fourth-order valence-corrected chi connectivity index (χ4v) is 3.98. The van der Waals surface area contributed by atoms with Crippen molar-refractivity contribution in [1.82, 2.24) is 0 Å². The largest absolute Gasteiger partial charge is 0.320 e. The summed E-state index contributed by atoms with van der Waals surface area (Å²) in [6.45, 7) is 2.16. The standard InChI is InChI=1S/C13H13Br2NS/c1-2-11-3-4-12(17-11)13(16)8-5-9(14)7-10(15)6-8/h3-7,13H,2,16H2,1H3. The third kappa shape index (κ3) is 3.19. The Morgan fingerprint density at radius 2 is 1.82 bits per heavy atom. The maximum Gasteiger partial charge on any atom is 0.0646 e. The van der Waals surface area contributed by atoms with E-state index >= 15 is 0 Å². The third-order valence-corrected chi connectivity index (χ3v) is 4.81. The van der Waals surface area contributed by atoms with Gasteiger partial charge in [0.1, 0.15) is 0 Å². The van der Waals surface area contributed by atoms with E-state index in [1.165, 1.54) is 9.75 Å². The number of hydrogen-bond acceptors (Lipinski definition) is 2. The molecule has 0 aliphatic carbocycles. The van der Waals surface area contributed by atoms with Crippen LogP contribution in [0.4, 0.5) is 0 Å². The van der Waals surface area contributed by atoms with Crippen molar-refractivity contribution in [3.05, 3.63) is 54.6 Å². The molecule has 2 N–H and O–H groups in total. The molecule has 0 amide bonds. The third-order valence-electron chi connectivity index (χ3n) is 2.58. The van der Waals surface area contributed by atoms with Crippen LogP contribution in [-0.2, 0) is 6.42 Å². The van der Waals surface area contributed by atoms with Crippen LogP contribution in [0.3, 0.4) is 0 Å². The van der Waals surface area contributed by atoms with Crippen LogP contribution < -0.4 is 5.73 Å². The van der Waals surface area contributed by atoms with Gasteiger partial charge in [-0.1, -0.05) is 38.8 Å². The average molecular weight is 375 g/mol. The van der Waals surface area contributed by atoms with Crippen LogP contribution in [0.2, 0.25) is 0 Å². The molecule has 2 rings (SSSR count). The van der Waals surface area contributed by atoms with Gasteiger partial charge in [-0.3, -0.25) is 0 Å². The van der Waals surface area contributed by atoms with E-state index in [1.54, 1.807) is 11.3 Å². The predicted octanol–water partition coefficient (Wildman–Crippen LogP) is 4.88. The molecule has 1 aromatic heterocycles. The Labute approximate surface area is 122 Å². The Morgan fingerprint density at radius 3 is 2.35 bits per heavy atom. The first-order valence-corrected chi connectivity index (χ1v) is 7.80. The lowest BCUT2D eigenvalue weighted by atomic mass is 10.1. The Hall–Kier alpha value is -0.160. The van der Waals surface area contributed by atoms with Crippen LogP contribution in [0.15, 0.2) is 39.3 Å². The highest BCUT2D eigenvalue weighted by Crippen LogP contribution is 2.30. The molecular formula is C13H13Br2NS. The molecule has 4 heteroatoms. The summed E-state index contributed by atoms with van der Waals surface area (Å²) in [5.74, 6) is 0. The van der Waals surface area contributed by atoms with E-state index in [0.717, 1.165) is 20.9 Å². The average Bonchev–Trinajstić information content (AvgIpc) is 2.75. The first kappa shape index (κ1) is 13.3. The summed E-state index contributed by atoms with van der Waals surface area (Å²) in [6, 6.07) is 10.4. The van der Waals surface area contributed by atoms with Gasteiger partial charge in [0.05, 0.1) is 6.04 Å². The molecule has 0 spiro atoms. The lowest BCUT2D eigenvalue weighted by molar-refractivity contribution is 0.891. The van der Waals surface area contributed by atoms with Gasteiger partial charge < -0.3 is 5.73 Å². The number of thiophene rings is 1. The number of benzene rings is 1. The van der Waals surface area contributed by atoms with Crippen LogP contribution in [0, 0.1) is 0 Å². The Morgan fingerprint density at radius 1 is 1.18 bits per heavy atom. The topological polar surface area (TPSA) is 26.0 Å². The van der Waals surface area contributed by atoms with Gasteiger partial charge in [-0.25, -0.2) is 0 Å². The number of hydrogen-bond donors (Lipinski definition) is 1.